The van der Waals surface area contributed by atoms with Gasteiger partial charge in [0.2, 0.25) is 6.79 Å². The van der Waals surface area contributed by atoms with Crippen LogP contribution in [-0.2, 0) is 0 Å². The molecule has 0 radical (unpaired) electrons. The number of ether oxygens (including phenoxy) is 2. The molecule has 2 heterocycles. The van der Waals surface area contributed by atoms with E-state index < -0.39 is 5.63 Å². The molecule has 0 spiro atoms. The van der Waals surface area contributed by atoms with Crippen molar-refractivity contribution >= 4 is 10.9 Å². The first-order chi connectivity index (χ1) is 6.86. The van der Waals surface area contributed by atoms with Crippen LogP contribution >= 0.6 is 0 Å². The summed E-state index contributed by atoms with van der Waals surface area (Å²) in [7, 11) is 0. The Balaban J connectivity index is 2.53. The molecule has 1 aromatic carbocycles. The summed E-state index contributed by atoms with van der Waals surface area (Å²) >= 11 is 0. The van der Waals surface area contributed by atoms with Gasteiger partial charge >= 0.3 is 5.63 Å². The van der Waals surface area contributed by atoms with E-state index in [4.69, 9.17) is 9.47 Å². The van der Waals surface area contributed by atoms with Crippen molar-refractivity contribution in [2.24, 2.45) is 0 Å². The molecule has 14 heavy (non-hydrogen) atoms. The number of rotatable bonds is 0. The minimum absolute atomic E-state index is 0.128. The lowest BCUT2D eigenvalue weighted by Crippen LogP contribution is -2.01. The third-order valence-electron chi connectivity index (χ3n) is 2.07. The zero-order valence-electron chi connectivity index (χ0n) is 7.02. The van der Waals surface area contributed by atoms with Crippen LogP contribution in [0.1, 0.15) is 0 Å². The normalized spacial score (nSPS) is 13.4. The van der Waals surface area contributed by atoms with Gasteiger partial charge in [0.25, 0.3) is 0 Å². The first-order valence-corrected chi connectivity index (χ1v) is 4.02. The average molecular weight is 191 g/mol. The van der Waals surface area contributed by atoms with E-state index >= 15 is 0 Å². The molecule has 0 atom stereocenters. The quantitative estimate of drug-likeness (QED) is 0.619. The van der Waals surface area contributed by atoms with Crippen molar-refractivity contribution in [1.29, 1.82) is 0 Å². The fourth-order valence-corrected chi connectivity index (χ4v) is 1.46. The fraction of sp³-hybridized carbons (Fsp3) is 0.111. The van der Waals surface area contributed by atoms with E-state index in [0.717, 1.165) is 6.39 Å². The third kappa shape index (κ3) is 0.834. The summed E-state index contributed by atoms with van der Waals surface area (Å²) in [5.41, 5.74) is 0.0860. The average Bonchev–Trinajstić information content (AvgIpc) is 2.65. The van der Waals surface area contributed by atoms with Crippen LogP contribution in [0.2, 0.25) is 0 Å². The van der Waals surface area contributed by atoms with Gasteiger partial charge in [-0.25, -0.2) is 9.78 Å². The lowest BCUT2D eigenvalue weighted by atomic mass is 10.2. The summed E-state index contributed by atoms with van der Waals surface area (Å²) in [4.78, 5) is 15.3. The van der Waals surface area contributed by atoms with Crippen molar-refractivity contribution < 1.29 is 13.9 Å². The van der Waals surface area contributed by atoms with E-state index in [2.05, 4.69) is 9.40 Å². The van der Waals surface area contributed by atoms with E-state index in [1.165, 1.54) is 0 Å². The van der Waals surface area contributed by atoms with E-state index in [0.29, 0.717) is 22.4 Å². The Morgan fingerprint density at radius 1 is 1.29 bits per heavy atom. The van der Waals surface area contributed by atoms with Crippen molar-refractivity contribution in [2.45, 2.75) is 0 Å². The van der Waals surface area contributed by atoms with E-state index in [-0.39, 0.29) is 6.79 Å². The first-order valence-electron chi connectivity index (χ1n) is 4.02. The van der Waals surface area contributed by atoms with Gasteiger partial charge in [0, 0.05) is 0 Å². The predicted molar refractivity (Wildman–Crippen MR) is 46.4 cm³/mol. The highest BCUT2D eigenvalue weighted by Gasteiger charge is 2.19. The highest BCUT2D eigenvalue weighted by molar-refractivity contribution is 5.86. The molecule has 2 aromatic rings. The van der Waals surface area contributed by atoms with E-state index in [1.54, 1.807) is 12.1 Å². The lowest BCUT2D eigenvalue weighted by molar-refractivity contribution is 0.174. The molecule has 0 bridgehead atoms. The van der Waals surface area contributed by atoms with Crippen LogP contribution in [0.25, 0.3) is 10.9 Å². The Morgan fingerprint density at radius 3 is 3.14 bits per heavy atom. The highest BCUT2D eigenvalue weighted by Crippen LogP contribution is 2.36. The minimum atomic E-state index is -0.461. The topological polar surface area (TPSA) is 61.6 Å². The molecule has 70 valence electrons. The third-order valence-corrected chi connectivity index (χ3v) is 2.07. The molecular weight excluding hydrogens is 186 g/mol. The second kappa shape index (κ2) is 2.47. The monoisotopic (exact) mass is 191 g/mol. The van der Waals surface area contributed by atoms with Gasteiger partial charge in [-0.1, -0.05) is 0 Å². The molecule has 5 heteroatoms. The predicted octanol–water partition coefficient (Wildman–Crippen LogP) is 0.917. The SMILES string of the molecule is O=c1ocnc2ccc3c(c12)OCO3. The molecule has 0 saturated carbocycles. The lowest BCUT2D eigenvalue weighted by Gasteiger charge is -1.98. The van der Waals surface area contributed by atoms with Crippen molar-refractivity contribution in [1.82, 2.24) is 4.98 Å². The standard InChI is InChI=1S/C9H5NO4/c11-9-7-5(10-3-12-9)1-2-6-8(7)14-4-13-6/h1-3H,4H2. The molecule has 0 amide bonds. The van der Waals surface area contributed by atoms with Crippen LogP contribution in [0.5, 0.6) is 11.5 Å². The Hall–Kier alpha value is -2.04. The molecule has 1 aliphatic rings. The van der Waals surface area contributed by atoms with E-state index in [1.807, 2.05) is 0 Å². The molecule has 0 fully saturated rings. The van der Waals surface area contributed by atoms with Gasteiger partial charge in [0.15, 0.2) is 17.9 Å². The van der Waals surface area contributed by atoms with Gasteiger partial charge in [-0.05, 0) is 12.1 Å². The van der Waals surface area contributed by atoms with Gasteiger partial charge in [-0.2, -0.15) is 0 Å². The van der Waals surface area contributed by atoms with Crippen molar-refractivity contribution in [3.63, 3.8) is 0 Å². The maximum atomic E-state index is 11.4. The largest absolute Gasteiger partial charge is 0.454 e. The van der Waals surface area contributed by atoms with Crippen LogP contribution in [0.15, 0.2) is 27.7 Å². The van der Waals surface area contributed by atoms with Gasteiger partial charge < -0.3 is 13.9 Å². The smallest absolute Gasteiger partial charge is 0.350 e. The second-order valence-electron chi connectivity index (χ2n) is 2.83. The molecule has 0 saturated heterocycles. The molecule has 0 unspecified atom stereocenters. The Kier molecular flexibility index (Phi) is 1.30. The number of fused-ring (bicyclic) bond motifs is 3. The summed E-state index contributed by atoms with van der Waals surface area (Å²) in [5, 5.41) is 0.336. The molecule has 5 nitrogen and oxygen atoms in total. The molecule has 1 aliphatic heterocycles. The van der Waals surface area contributed by atoms with Crippen LogP contribution in [0.4, 0.5) is 0 Å². The van der Waals surface area contributed by atoms with Gasteiger partial charge in [0.1, 0.15) is 5.39 Å². The Bertz CT molecular complexity index is 560. The van der Waals surface area contributed by atoms with Crippen LogP contribution in [0.3, 0.4) is 0 Å². The number of nitrogens with zero attached hydrogens (tertiary/aromatic N) is 1. The maximum Gasteiger partial charge on any atom is 0.350 e. The summed E-state index contributed by atoms with van der Waals surface area (Å²) in [6.07, 6.45) is 1.12. The Morgan fingerprint density at radius 2 is 2.21 bits per heavy atom. The molecule has 1 aromatic heterocycles. The number of hydrogen-bond acceptors (Lipinski definition) is 5. The second-order valence-corrected chi connectivity index (χ2v) is 2.83. The summed E-state index contributed by atoms with van der Waals surface area (Å²) in [6.45, 7) is 0.128. The van der Waals surface area contributed by atoms with Crippen molar-refractivity contribution in [3.05, 3.63) is 28.9 Å². The van der Waals surface area contributed by atoms with E-state index in [9.17, 15) is 4.79 Å². The Labute approximate surface area is 77.9 Å². The maximum absolute atomic E-state index is 11.4. The van der Waals surface area contributed by atoms with Gasteiger partial charge in [0.05, 0.1) is 5.52 Å². The minimum Gasteiger partial charge on any atom is -0.454 e. The van der Waals surface area contributed by atoms with Crippen LogP contribution in [0, 0.1) is 0 Å². The number of benzene rings is 1. The summed E-state index contributed by atoms with van der Waals surface area (Å²) in [6, 6.07) is 3.41. The molecule has 3 rings (SSSR count). The van der Waals surface area contributed by atoms with Crippen LogP contribution in [-0.4, -0.2) is 11.8 Å². The summed E-state index contributed by atoms with van der Waals surface area (Å²) < 4.78 is 15.0. The zero-order valence-corrected chi connectivity index (χ0v) is 7.02. The van der Waals surface area contributed by atoms with Gasteiger partial charge in [-0.15, -0.1) is 0 Å². The number of hydrogen-bond donors (Lipinski definition) is 0. The molecular formula is C9H5NO4. The zero-order chi connectivity index (χ0) is 9.54. The molecule has 0 N–H and O–H groups in total. The van der Waals surface area contributed by atoms with Crippen molar-refractivity contribution in [3.8, 4) is 11.5 Å². The molecule has 0 aliphatic carbocycles. The van der Waals surface area contributed by atoms with Crippen LogP contribution < -0.4 is 15.1 Å². The fourth-order valence-electron chi connectivity index (χ4n) is 1.46. The number of aromatic nitrogens is 1. The van der Waals surface area contributed by atoms with Gasteiger partial charge in [-0.3, -0.25) is 0 Å². The summed E-state index contributed by atoms with van der Waals surface area (Å²) in [5.74, 6) is 0.974. The highest BCUT2D eigenvalue weighted by atomic mass is 16.7. The first kappa shape index (κ1) is 7.37. The van der Waals surface area contributed by atoms with Crippen molar-refractivity contribution in [2.75, 3.05) is 6.79 Å².